The molecule has 0 amide bonds. The van der Waals surface area contributed by atoms with E-state index < -0.39 is 29.7 Å². The maximum Gasteiger partial charge on any atom is 0.320 e. The Morgan fingerprint density at radius 2 is 1.95 bits per heavy atom. The highest BCUT2D eigenvalue weighted by Crippen LogP contribution is 2.21. The summed E-state index contributed by atoms with van der Waals surface area (Å²) >= 11 is 0. The van der Waals surface area contributed by atoms with Gasteiger partial charge in [-0.2, -0.15) is 4.39 Å². The van der Waals surface area contributed by atoms with Gasteiger partial charge in [0.25, 0.3) is 5.69 Å². The first-order chi connectivity index (χ1) is 9.72. The van der Waals surface area contributed by atoms with Crippen molar-refractivity contribution in [1.29, 1.82) is 0 Å². The Hall–Kier alpha value is -2.35. The Balaban J connectivity index is 2.94. The molecule has 0 aliphatic carbocycles. The van der Waals surface area contributed by atoms with Crippen LogP contribution in [0.2, 0.25) is 0 Å². The molecule has 0 saturated heterocycles. The molecule has 1 rings (SSSR count). The quantitative estimate of drug-likeness (QED) is 0.643. The number of hydrogen-bond acceptors (Lipinski definition) is 4. The molecule has 0 aliphatic heterocycles. The second kappa shape index (κ2) is 6.89. The summed E-state index contributed by atoms with van der Waals surface area (Å²) < 4.78 is 13.7. The number of nitroso groups, excluding NO2 is 1. The van der Waals surface area contributed by atoms with Gasteiger partial charge in [-0.15, -0.1) is 0 Å². The monoisotopic (exact) mass is 299 g/mol. The van der Waals surface area contributed by atoms with Crippen LogP contribution in [0.1, 0.15) is 12.0 Å². The summed E-state index contributed by atoms with van der Waals surface area (Å²) in [6, 6.07) is 2.36. The van der Waals surface area contributed by atoms with E-state index in [0.717, 1.165) is 13.1 Å². The third-order valence-electron chi connectivity index (χ3n) is 3.04. The van der Waals surface area contributed by atoms with Crippen molar-refractivity contribution in [3.05, 3.63) is 34.5 Å². The van der Waals surface area contributed by atoms with E-state index in [2.05, 4.69) is 0 Å². The molecule has 1 aromatic rings. The number of hydrogen-bond donors (Lipinski definition) is 3. The van der Waals surface area contributed by atoms with E-state index >= 15 is 0 Å². The Labute approximate surface area is 119 Å². The molecular weight excluding hydrogens is 283 g/mol. The molecule has 1 aromatic carbocycles. The highest BCUT2D eigenvalue weighted by Gasteiger charge is 2.26. The number of halogens is 1. The third-order valence-corrected chi connectivity index (χ3v) is 3.04. The van der Waals surface area contributed by atoms with E-state index in [1.54, 1.807) is 0 Å². The fraction of sp³-hybridized carbons (Fsp3) is 0.385. The van der Waals surface area contributed by atoms with Crippen LogP contribution in [0.4, 0.5) is 10.1 Å². The lowest BCUT2D eigenvalue weighted by molar-refractivity contribution is -0.430. The highest BCUT2D eigenvalue weighted by molar-refractivity contribution is 5.76. The van der Waals surface area contributed by atoms with Crippen LogP contribution in [-0.4, -0.2) is 40.0 Å². The fourth-order valence-electron chi connectivity index (χ4n) is 1.89. The number of carboxylic acid groups (broad SMARTS) is 2. The molecule has 2 atom stereocenters. The van der Waals surface area contributed by atoms with E-state index in [9.17, 15) is 18.9 Å². The average Bonchev–Trinajstić information content (AvgIpc) is 2.39. The Morgan fingerprint density at radius 1 is 1.33 bits per heavy atom. The summed E-state index contributed by atoms with van der Waals surface area (Å²) in [6.07, 6.45) is -0.304. The minimum atomic E-state index is -1.30. The molecule has 0 radical (unpaired) electrons. The molecule has 0 spiro atoms. The zero-order valence-electron chi connectivity index (χ0n) is 11.3. The lowest BCUT2D eigenvalue weighted by atomic mass is 9.93. The van der Waals surface area contributed by atoms with E-state index in [4.69, 9.17) is 15.9 Å². The van der Waals surface area contributed by atoms with Gasteiger partial charge in [-0.25, -0.2) is 0 Å². The maximum atomic E-state index is 13.4. The van der Waals surface area contributed by atoms with Crippen LogP contribution in [0.25, 0.3) is 0 Å². The van der Waals surface area contributed by atoms with Gasteiger partial charge >= 0.3 is 11.9 Å². The molecule has 7 nitrogen and oxygen atoms in total. The number of nitrogens with zero attached hydrogens (tertiary/aromatic N) is 1. The van der Waals surface area contributed by atoms with Crippen molar-refractivity contribution in [3.63, 3.8) is 0 Å². The molecule has 21 heavy (non-hydrogen) atoms. The first-order valence-corrected chi connectivity index (χ1v) is 6.12. The predicted molar refractivity (Wildman–Crippen MR) is 70.7 cm³/mol. The van der Waals surface area contributed by atoms with Crippen molar-refractivity contribution < 1.29 is 29.0 Å². The summed E-state index contributed by atoms with van der Waals surface area (Å²) in [5, 5.41) is 17.8. The van der Waals surface area contributed by atoms with Crippen LogP contribution in [0.3, 0.4) is 0 Å². The van der Waals surface area contributed by atoms with E-state index in [1.807, 2.05) is 0 Å². The molecule has 4 N–H and O–H groups in total. The predicted octanol–water partition coefficient (Wildman–Crippen LogP) is 0.911. The van der Waals surface area contributed by atoms with Gasteiger partial charge in [0, 0.05) is 15.7 Å². The molecular formula is C13H16FN2O5+. The number of carbonyl (C=O) groups is 2. The van der Waals surface area contributed by atoms with E-state index in [-0.39, 0.29) is 18.5 Å². The van der Waals surface area contributed by atoms with Crippen LogP contribution < -0.4 is 5.73 Å². The van der Waals surface area contributed by atoms with Gasteiger partial charge in [0.2, 0.25) is 0 Å². The Kier molecular flexibility index (Phi) is 5.48. The summed E-state index contributed by atoms with van der Waals surface area (Å²) in [4.78, 5) is 33.0. The third kappa shape index (κ3) is 4.60. The molecule has 114 valence electrons. The zero-order valence-corrected chi connectivity index (χ0v) is 11.3. The standard InChI is InChI=1S/C13H15FN2O5/c1-16(21)11-5-7(2-3-9(11)14)4-8(12(17)18)6-10(15)13(19)20/h2-3,5,8,10H,4,6,15H2,1H3,(H-,17,18,19,20)/p+1. The van der Waals surface area contributed by atoms with Crippen molar-refractivity contribution in [2.45, 2.75) is 18.9 Å². The number of rotatable bonds is 7. The second-order valence-corrected chi connectivity index (χ2v) is 4.70. The molecule has 0 bridgehead atoms. The molecule has 0 aliphatic rings. The number of nitrogens with two attached hydrogens (primary N) is 1. The summed E-state index contributed by atoms with van der Waals surface area (Å²) in [7, 11) is 1.12. The van der Waals surface area contributed by atoms with Crippen molar-refractivity contribution >= 4 is 17.6 Å². The Bertz CT molecular complexity index is 576. The van der Waals surface area contributed by atoms with E-state index in [0.29, 0.717) is 10.3 Å². The lowest BCUT2D eigenvalue weighted by Gasteiger charge is -2.14. The Morgan fingerprint density at radius 3 is 2.43 bits per heavy atom. The van der Waals surface area contributed by atoms with Gasteiger partial charge in [0.05, 0.1) is 5.92 Å². The van der Waals surface area contributed by atoms with Crippen LogP contribution in [0.15, 0.2) is 18.2 Å². The molecule has 0 saturated carbocycles. The summed E-state index contributed by atoms with van der Waals surface area (Å²) in [5.74, 6) is -4.25. The van der Waals surface area contributed by atoms with E-state index in [1.165, 1.54) is 12.1 Å². The number of aliphatic carboxylic acids is 2. The van der Waals surface area contributed by atoms with Gasteiger partial charge in [-0.05, 0) is 24.5 Å². The van der Waals surface area contributed by atoms with Crippen LogP contribution in [-0.2, 0) is 16.0 Å². The minimum absolute atomic E-state index is 0.0442. The fourth-order valence-corrected chi connectivity index (χ4v) is 1.89. The second-order valence-electron chi connectivity index (χ2n) is 4.70. The highest BCUT2D eigenvalue weighted by atomic mass is 19.1. The topological polar surface area (TPSA) is 121 Å². The normalized spacial score (nSPS) is 13.5. The van der Waals surface area contributed by atoms with Crippen molar-refractivity contribution in [1.82, 2.24) is 0 Å². The van der Waals surface area contributed by atoms with Crippen LogP contribution in [0.5, 0.6) is 0 Å². The molecule has 8 heteroatoms. The molecule has 2 unspecified atom stereocenters. The SMILES string of the molecule is C[N+](=O)c1cc(CC(CC(N)C(=O)O)C(=O)O)ccc1F. The van der Waals surface area contributed by atoms with Crippen molar-refractivity contribution in [3.8, 4) is 0 Å². The maximum absolute atomic E-state index is 13.4. The van der Waals surface area contributed by atoms with Crippen LogP contribution >= 0.6 is 0 Å². The zero-order chi connectivity index (χ0) is 16.2. The van der Waals surface area contributed by atoms with Crippen molar-refractivity contribution in [2.75, 3.05) is 7.05 Å². The number of benzene rings is 1. The largest absolute Gasteiger partial charge is 0.481 e. The van der Waals surface area contributed by atoms with Crippen LogP contribution in [0, 0.1) is 16.6 Å². The smallest absolute Gasteiger partial charge is 0.320 e. The number of carboxylic acids is 2. The summed E-state index contributed by atoms with van der Waals surface area (Å²) in [5.41, 5.74) is 5.54. The van der Waals surface area contributed by atoms with Gasteiger partial charge in [-0.1, -0.05) is 6.07 Å². The average molecular weight is 299 g/mol. The molecule has 0 fully saturated rings. The minimum Gasteiger partial charge on any atom is -0.481 e. The molecule has 0 heterocycles. The van der Waals surface area contributed by atoms with Gasteiger partial charge in [-0.3, -0.25) is 9.59 Å². The molecule has 0 aromatic heterocycles. The first-order valence-electron chi connectivity index (χ1n) is 6.12. The van der Waals surface area contributed by atoms with Gasteiger partial charge in [0.1, 0.15) is 6.04 Å². The summed E-state index contributed by atoms with van der Waals surface area (Å²) in [6.45, 7) is 0. The first kappa shape index (κ1) is 16.7. The van der Waals surface area contributed by atoms with Gasteiger partial charge < -0.3 is 15.9 Å². The van der Waals surface area contributed by atoms with Gasteiger partial charge in [0.15, 0.2) is 12.9 Å². The lowest BCUT2D eigenvalue weighted by Crippen LogP contribution is -2.35. The van der Waals surface area contributed by atoms with Crippen molar-refractivity contribution in [2.24, 2.45) is 11.7 Å².